The van der Waals surface area contributed by atoms with Gasteiger partial charge >= 0.3 is 18.2 Å². The molecule has 2 N–H and O–H groups in total. The number of halogens is 3. The fraction of sp³-hybridized carbons (Fsp3) is 0.529. The van der Waals surface area contributed by atoms with Crippen molar-refractivity contribution in [2.24, 2.45) is 5.92 Å². The van der Waals surface area contributed by atoms with Crippen LogP contribution in [0.1, 0.15) is 18.4 Å². The van der Waals surface area contributed by atoms with Crippen LogP contribution in [0.5, 0.6) is 0 Å². The van der Waals surface area contributed by atoms with Crippen LogP contribution >= 0.6 is 0 Å². The van der Waals surface area contributed by atoms with Crippen molar-refractivity contribution in [3.8, 4) is 0 Å². The van der Waals surface area contributed by atoms with Gasteiger partial charge in [0.05, 0.1) is 5.92 Å². The molecule has 0 radical (unpaired) electrons. The van der Waals surface area contributed by atoms with E-state index in [1.165, 1.54) is 0 Å². The molecule has 1 aromatic carbocycles. The molecule has 0 aromatic heterocycles. The topological polar surface area (TPSA) is 78.9 Å². The van der Waals surface area contributed by atoms with E-state index in [9.17, 15) is 27.9 Å². The molecule has 1 atom stereocenters. The van der Waals surface area contributed by atoms with Crippen LogP contribution in [-0.2, 0) is 16.1 Å². The third kappa shape index (κ3) is 6.21. The molecule has 26 heavy (non-hydrogen) atoms. The minimum Gasteiger partial charge on any atom is -0.480 e. The van der Waals surface area contributed by atoms with Gasteiger partial charge in [-0.05, 0) is 31.5 Å². The summed E-state index contributed by atoms with van der Waals surface area (Å²) in [7, 11) is 0. The van der Waals surface area contributed by atoms with Crippen LogP contribution in [-0.4, -0.2) is 53.9 Å². The zero-order valence-electron chi connectivity index (χ0n) is 14.0. The normalized spacial score (nSPS) is 17.5. The summed E-state index contributed by atoms with van der Waals surface area (Å²) in [6.07, 6.45) is -5.26. The number of rotatable bonds is 6. The summed E-state index contributed by atoms with van der Waals surface area (Å²) in [4.78, 5) is 24.7. The number of carbonyl (C=O) groups is 2. The number of hydrogen-bond acceptors (Lipinski definition) is 4. The summed E-state index contributed by atoms with van der Waals surface area (Å²) in [5.41, 5.74) is 0.753. The molecule has 1 saturated heterocycles. The van der Waals surface area contributed by atoms with Gasteiger partial charge in [-0.3, -0.25) is 0 Å². The van der Waals surface area contributed by atoms with Crippen LogP contribution in [0.2, 0.25) is 0 Å². The smallest absolute Gasteiger partial charge is 0.408 e. The number of piperidine rings is 1. The second-order valence-corrected chi connectivity index (χ2v) is 6.21. The summed E-state index contributed by atoms with van der Waals surface area (Å²) in [6, 6.07) is 7.63. The van der Waals surface area contributed by atoms with Gasteiger partial charge in [0.25, 0.3) is 0 Å². The molecule has 1 heterocycles. The summed E-state index contributed by atoms with van der Waals surface area (Å²) >= 11 is 0. The fourth-order valence-corrected chi connectivity index (χ4v) is 2.79. The first-order chi connectivity index (χ1) is 12.3. The SMILES string of the molecule is O=C(NC(CN1CCC(C(F)(F)F)CC1)C(=O)O)OCc1ccccc1. The average molecular weight is 374 g/mol. The largest absolute Gasteiger partial charge is 0.480 e. The quantitative estimate of drug-likeness (QED) is 0.800. The Labute approximate surface area is 148 Å². The Morgan fingerprint density at radius 3 is 2.38 bits per heavy atom. The molecule has 1 aliphatic rings. The van der Waals surface area contributed by atoms with E-state index in [1.54, 1.807) is 29.2 Å². The maximum atomic E-state index is 12.7. The minimum atomic E-state index is -4.22. The molecule has 2 rings (SSSR count). The molecule has 1 unspecified atom stereocenters. The van der Waals surface area contributed by atoms with Crippen molar-refractivity contribution in [1.82, 2.24) is 10.2 Å². The number of likely N-dealkylation sites (tertiary alicyclic amines) is 1. The van der Waals surface area contributed by atoms with Crippen molar-refractivity contribution in [3.05, 3.63) is 35.9 Å². The van der Waals surface area contributed by atoms with Gasteiger partial charge in [-0.1, -0.05) is 30.3 Å². The van der Waals surface area contributed by atoms with E-state index in [1.807, 2.05) is 6.07 Å². The van der Waals surface area contributed by atoms with E-state index in [0.29, 0.717) is 0 Å². The molecule has 0 aliphatic carbocycles. The van der Waals surface area contributed by atoms with Gasteiger partial charge in [-0.2, -0.15) is 13.2 Å². The van der Waals surface area contributed by atoms with Crippen LogP contribution in [0.3, 0.4) is 0 Å². The molecule has 144 valence electrons. The number of alkyl carbamates (subject to hydrolysis) is 1. The summed E-state index contributed by atoms with van der Waals surface area (Å²) in [6.45, 7) is 0.194. The van der Waals surface area contributed by atoms with Crippen LogP contribution in [0.25, 0.3) is 0 Å². The molecular formula is C17H21F3N2O4. The number of hydrogen-bond donors (Lipinski definition) is 2. The number of carboxylic acid groups (broad SMARTS) is 1. The minimum absolute atomic E-state index is 0.00398. The van der Waals surface area contributed by atoms with Gasteiger partial charge in [0.2, 0.25) is 0 Å². The molecule has 0 saturated carbocycles. The van der Waals surface area contributed by atoms with E-state index in [2.05, 4.69) is 5.32 Å². The standard InChI is InChI=1S/C17H21F3N2O4/c18-17(19,20)13-6-8-22(9-7-13)10-14(15(23)24)21-16(25)26-11-12-4-2-1-3-5-12/h1-5,13-14H,6-11H2,(H,21,25)(H,23,24). The van der Waals surface area contributed by atoms with E-state index in [4.69, 9.17) is 4.74 Å². The number of ether oxygens (including phenoxy) is 1. The highest BCUT2D eigenvalue weighted by molar-refractivity contribution is 5.80. The number of nitrogens with one attached hydrogen (secondary N) is 1. The lowest BCUT2D eigenvalue weighted by molar-refractivity contribution is -0.185. The molecule has 6 nitrogen and oxygen atoms in total. The van der Waals surface area contributed by atoms with Crippen molar-refractivity contribution >= 4 is 12.1 Å². The molecule has 0 bridgehead atoms. The number of carbonyl (C=O) groups excluding carboxylic acids is 1. The number of benzene rings is 1. The van der Waals surface area contributed by atoms with Gasteiger partial charge in [0, 0.05) is 6.54 Å². The van der Waals surface area contributed by atoms with Gasteiger partial charge < -0.3 is 20.1 Å². The van der Waals surface area contributed by atoms with E-state index >= 15 is 0 Å². The average Bonchev–Trinajstić information content (AvgIpc) is 2.60. The lowest BCUT2D eigenvalue weighted by atomic mass is 9.96. The molecule has 1 amide bonds. The van der Waals surface area contributed by atoms with Crippen molar-refractivity contribution in [1.29, 1.82) is 0 Å². The van der Waals surface area contributed by atoms with Crippen LogP contribution < -0.4 is 5.32 Å². The predicted octanol–water partition coefficient (Wildman–Crippen LogP) is 2.64. The van der Waals surface area contributed by atoms with E-state index in [-0.39, 0.29) is 39.1 Å². The third-order valence-corrected chi connectivity index (χ3v) is 4.29. The zero-order valence-corrected chi connectivity index (χ0v) is 14.0. The Bertz CT molecular complexity index is 602. The van der Waals surface area contributed by atoms with Gasteiger partial charge in [-0.25, -0.2) is 9.59 Å². The first-order valence-corrected chi connectivity index (χ1v) is 8.25. The van der Waals surface area contributed by atoms with E-state index < -0.39 is 30.2 Å². The van der Waals surface area contributed by atoms with Crippen molar-refractivity contribution in [3.63, 3.8) is 0 Å². The number of carboxylic acids is 1. The maximum absolute atomic E-state index is 12.7. The fourth-order valence-electron chi connectivity index (χ4n) is 2.79. The van der Waals surface area contributed by atoms with Gasteiger partial charge in [0.1, 0.15) is 12.6 Å². The van der Waals surface area contributed by atoms with Crippen molar-refractivity contribution in [2.45, 2.75) is 31.7 Å². The lowest BCUT2D eigenvalue weighted by Gasteiger charge is -2.34. The second-order valence-electron chi connectivity index (χ2n) is 6.21. The number of nitrogens with zero attached hydrogens (tertiary/aromatic N) is 1. The molecule has 1 aromatic rings. The highest BCUT2D eigenvalue weighted by Crippen LogP contribution is 2.34. The van der Waals surface area contributed by atoms with Gasteiger partial charge in [-0.15, -0.1) is 0 Å². The lowest BCUT2D eigenvalue weighted by Crippen LogP contribution is -2.51. The van der Waals surface area contributed by atoms with Crippen molar-refractivity contribution < 1.29 is 32.6 Å². The number of aliphatic carboxylic acids is 1. The Kier molecular flexibility index (Phi) is 6.84. The first kappa shape index (κ1) is 20.0. The molecule has 1 fully saturated rings. The van der Waals surface area contributed by atoms with Gasteiger partial charge in [0.15, 0.2) is 0 Å². The summed E-state index contributed by atoms with van der Waals surface area (Å²) in [5.74, 6) is -2.62. The summed E-state index contributed by atoms with van der Waals surface area (Å²) in [5, 5.41) is 11.5. The van der Waals surface area contributed by atoms with Crippen LogP contribution in [0.4, 0.5) is 18.0 Å². The zero-order chi connectivity index (χ0) is 19.2. The molecule has 0 spiro atoms. The Hall–Kier alpha value is -2.29. The van der Waals surface area contributed by atoms with E-state index in [0.717, 1.165) is 5.56 Å². The first-order valence-electron chi connectivity index (χ1n) is 8.25. The molecule has 1 aliphatic heterocycles. The third-order valence-electron chi connectivity index (χ3n) is 4.29. The number of amides is 1. The predicted molar refractivity (Wildman–Crippen MR) is 86.4 cm³/mol. The Morgan fingerprint density at radius 2 is 1.85 bits per heavy atom. The van der Waals surface area contributed by atoms with Crippen molar-refractivity contribution in [2.75, 3.05) is 19.6 Å². The highest BCUT2D eigenvalue weighted by atomic mass is 19.4. The Balaban J connectivity index is 1.80. The van der Waals surface area contributed by atoms with Crippen LogP contribution in [0, 0.1) is 5.92 Å². The molecule has 9 heteroatoms. The monoisotopic (exact) mass is 374 g/mol. The molecular weight excluding hydrogens is 353 g/mol. The Morgan fingerprint density at radius 1 is 1.23 bits per heavy atom. The van der Waals surface area contributed by atoms with Crippen LogP contribution in [0.15, 0.2) is 30.3 Å². The maximum Gasteiger partial charge on any atom is 0.408 e. The second kappa shape index (κ2) is 8.88. The summed E-state index contributed by atoms with van der Waals surface area (Å²) < 4.78 is 43.0. The number of alkyl halides is 3. The highest BCUT2D eigenvalue weighted by Gasteiger charge is 2.41.